The number of carbonyl (C=O) groups excluding carboxylic acids is 2. The fourth-order valence-corrected chi connectivity index (χ4v) is 12.7. The molecule has 0 amide bonds. The molecule has 10 atom stereocenters. The zero-order valence-corrected chi connectivity index (χ0v) is 32.5. The highest BCUT2D eigenvalue weighted by atomic mass is 16.5. The van der Waals surface area contributed by atoms with Gasteiger partial charge in [-0.15, -0.1) is 0 Å². The third kappa shape index (κ3) is 5.39. The number of ketones is 1. The van der Waals surface area contributed by atoms with Gasteiger partial charge in [-0.3, -0.25) is 14.4 Å². The second-order valence-corrected chi connectivity index (χ2v) is 18.8. The summed E-state index contributed by atoms with van der Waals surface area (Å²) in [6.07, 6.45) is 9.36. The highest BCUT2D eigenvalue weighted by Gasteiger charge is 2.72. The summed E-state index contributed by atoms with van der Waals surface area (Å²) in [5, 5.41) is 10.8. The Hall–Kier alpha value is -3.25. The summed E-state index contributed by atoms with van der Waals surface area (Å²) in [5.74, 6) is -1.15. The molecule has 5 aliphatic carbocycles. The zero-order valence-electron chi connectivity index (χ0n) is 32.5. The molecule has 0 bridgehead atoms. The lowest BCUT2D eigenvalue weighted by Crippen LogP contribution is -2.68. The van der Waals surface area contributed by atoms with Crippen molar-refractivity contribution >= 4 is 17.7 Å². The molecule has 7 rings (SSSR count). The molecular weight excluding hydrogens is 649 g/mol. The summed E-state index contributed by atoms with van der Waals surface area (Å²) in [7, 11) is 0. The van der Waals surface area contributed by atoms with Crippen molar-refractivity contribution in [2.75, 3.05) is 6.61 Å². The number of hydrogen-bond acceptors (Lipinski definition) is 5. The van der Waals surface area contributed by atoms with Gasteiger partial charge in [-0.25, -0.2) is 0 Å². The summed E-state index contributed by atoms with van der Waals surface area (Å²) >= 11 is 0. The summed E-state index contributed by atoms with van der Waals surface area (Å²) in [6, 6.07) is 20.0. The third-order valence-electron chi connectivity index (χ3n) is 16.1. The first-order valence-electron chi connectivity index (χ1n) is 20.0. The number of benzene rings is 2. The van der Waals surface area contributed by atoms with Gasteiger partial charge in [-0.2, -0.15) is 0 Å². The number of carboxylic acid groups (broad SMARTS) is 1. The fraction of sp³-hybridized carbons (Fsp3) is 0.630. The first-order chi connectivity index (χ1) is 24.6. The van der Waals surface area contributed by atoms with E-state index in [-0.39, 0.29) is 51.9 Å². The number of carbonyl (C=O) groups is 3. The van der Waals surface area contributed by atoms with Crippen LogP contribution in [-0.2, 0) is 23.9 Å². The average Bonchev–Trinajstić information content (AvgIpc) is 3.12. The number of aliphatic carboxylic acids is 1. The maximum atomic E-state index is 14.9. The van der Waals surface area contributed by atoms with Crippen molar-refractivity contribution in [3.63, 3.8) is 0 Å². The minimum absolute atomic E-state index is 0.00939. The molecule has 52 heavy (non-hydrogen) atoms. The van der Waals surface area contributed by atoms with Crippen LogP contribution in [0, 0.1) is 50.2 Å². The Kier molecular flexibility index (Phi) is 9.24. The fourth-order valence-electron chi connectivity index (χ4n) is 12.7. The number of allylic oxidation sites excluding steroid dienone is 2. The van der Waals surface area contributed by atoms with Crippen molar-refractivity contribution in [3.05, 3.63) is 83.4 Å². The number of ether oxygens (including phenoxy) is 2. The van der Waals surface area contributed by atoms with Crippen molar-refractivity contribution in [2.45, 2.75) is 125 Å². The molecule has 2 aromatic carbocycles. The molecular formula is C46H60O6. The van der Waals surface area contributed by atoms with E-state index in [1.54, 1.807) is 0 Å². The SMILES string of the molecule is CCCO[C@H]1CC[C@@]2(C)[C@@H](CC[C@]3(C)[C@@H]2C(=O)C=C2[C@@H]4C[C@@](C)(C(=O)OC(c5ccccc5)c5ccccc5)CC[C@]4(C)CC[C@]23C)[C@]1(C)C(=O)O. The molecule has 2 aromatic rings. The largest absolute Gasteiger partial charge is 0.481 e. The molecule has 6 nitrogen and oxygen atoms in total. The van der Waals surface area contributed by atoms with Gasteiger partial charge in [0.2, 0.25) is 0 Å². The van der Waals surface area contributed by atoms with Crippen LogP contribution >= 0.6 is 0 Å². The van der Waals surface area contributed by atoms with Gasteiger partial charge in [-0.05, 0) is 129 Å². The Morgan fingerprint density at radius 3 is 2.04 bits per heavy atom. The second kappa shape index (κ2) is 13.0. The molecule has 0 heterocycles. The van der Waals surface area contributed by atoms with Crippen molar-refractivity contribution in [1.82, 2.24) is 0 Å². The summed E-state index contributed by atoms with van der Waals surface area (Å²) < 4.78 is 12.8. The highest BCUT2D eigenvalue weighted by Crippen LogP contribution is 2.75. The van der Waals surface area contributed by atoms with Gasteiger partial charge in [-0.1, -0.05) is 101 Å². The molecule has 280 valence electrons. The van der Waals surface area contributed by atoms with E-state index in [4.69, 9.17) is 9.47 Å². The van der Waals surface area contributed by atoms with E-state index >= 15 is 0 Å². The van der Waals surface area contributed by atoms with Gasteiger partial charge in [0.15, 0.2) is 11.9 Å². The normalized spacial score (nSPS) is 41.2. The van der Waals surface area contributed by atoms with Crippen LogP contribution in [0.2, 0.25) is 0 Å². The predicted octanol–water partition coefficient (Wildman–Crippen LogP) is 10.2. The lowest BCUT2D eigenvalue weighted by atomic mass is 9.33. The summed E-state index contributed by atoms with van der Waals surface area (Å²) in [5.41, 5.74) is 0.353. The number of rotatable bonds is 8. The van der Waals surface area contributed by atoms with Gasteiger partial charge < -0.3 is 14.6 Å². The number of fused-ring (bicyclic) bond motifs is 7. The van der Waals surface area contributed by atoms with E-state index in [0.29, 0.717) is 19.4 Å². The Balaban J connectivity index is 1.22. The van der Waals surface area contributed by atoms with Crippen molar-refractivity contribution in [2.24, 2.45) is 50.2 Å². The molecule has 6 heteroatoms. The predicted molar refractivity (Wildman–Crippen MR) is 202 cm³/mol. The van der Waals surface area contributed by atoms with Gasteiger partial charge in [0.1, 0.15) is 0 Å². The van der Waals surface area contributed by atoms with Crippen LogP contribution in [-0.4, -0.2) is 35.5 Å². The topological polar surface area (TPSA) is 89.9 Å². The molecule has 0 aromatic heterocycles. The smallest absolute Gasteiger partial charge is 0.312 e. The quantitative estimate of drug-likeness (QED) is 0.275. The average molecular weight is 709 g/mol. The van der Waals surface area contributed by atoms with Crippen molar-refractivity contribution in [3.8, 4) is 0 Å². The maximum absolute atomic E-state index is 14.9. The molecule has 0 spiro atoms. The van der Waals surface area contributed by atoms with Crippen LogP contribution < -0.4 is 0 Å². The molecule has 0 saturated heterocycles. The van der Waals surface area contributed by atoms with Crippen molar-refractivity contribution in [1.29, 1.82) is 0 Å². The number of carboxylic acids is 1. The van der Waals surface area contributed by atoms with E-state index in [0.717, 1.165) is 62.5 Å². The Morgan fingerprint density at radius 2 is 1.44 bits per heavy atom. The van der Waals surface area contributed by atoms with Crippen LogP contribution in [0.4, 0.5) is 0 Å². The molecule has 4 fully saturated rings. The van der Waals surface area contributed by atoms with E-state index in [1.807, 2.05) is 73.7 Å². The first-order valence-corrected chi connectivity index (χ1v) is 20.0. The Morgan fingerprint density at radius 1 is 0.827 bits per heavy atom. The van der Waals surface area contributed by atoms with Gasteiger partial charge in [0.25, 0.3) is 0 Å². The molecule has 0 unspecified atom stereocenters. The van der Waals surface area contributed by atoms with Gasteiger partial charge in [0, 0.05) is 12.5 Å². The number of esters is 1. The summed E-state index contributed by atoms with van der Waals surface area (Å²) in [4.78, 5) is 42.6. The van der Waals surface area contributed by atoms with Crippen LogP contribution in [0.25, 0.3) is 0 Å². The number of hydrogen-bond donors (Lipinski definition) is 1. The molecule has 0 aliphatic heterocycles. The monoisotopic (exact) mass is 708 g/mol. The van der Waals surface area contributed by atoms with E-state index in [1.165, 1.54) is 5.57 Å². The van der Waals surface area contributed by atoms with Crippen LogP contribution in [0.5, 0.6) is 0 Å². The summed E-state index contributed by atoms with van der Waals surface area (Å²) in [6.45, 7) is 15.9. The minimum atomic E-state index is -1.05. The minimum Gasteiger partial charge on any atom is -0.481 e. The molecule has 1 N–H and O–H groups in total. The lowest BCUT2D eigenvalue weighted by molar-refractivity contribution is -0.221. The van der Waals surface area contributed by atoms with Crippen LogP contribution in [0.1, 0.15) is 130 Å². The highest BCUT2D eigenvalue weighted by molar-refractivity contribution is 5.96. The van der Waals surface area contributed by atoms with E-state index in [2.05, 4.69) is 41.5 Å². The zero-order chi connectivity index (χ0) is 37.3. The van der Waals surface area contributed by atoms with Gasteiger partial charge >= 0.3 is 11.9 Å². The Labute approximate surface area is 311 Å². The first kappa shape index (κ1) is 37.1. The van der Waals surface area contributed by atoms with Crippen LogP contribution in [0.15, 0.2) is 72.3 Å². The van der Waals surface area contributed by atoms with Crippen LogP contribution in [0.3, 0.4) is 0 Å². The maximum Gasteiger partial charge on any atom is 0.312 e. The third-order valence-corrected chi connectivity index (χ3v) is 16.1. The van der Waals surface area contributed by atoms with Crippen molar-refractivity contribution < 1.29 is 29.0 Å². The standard InChI is InChI=1S/C46H60O6/c1-8-27-51-36-20-21-43(4)35(46(36,7)39(48)49)19-22-45(6)38(43)34(47)28-32-33-29-42(3,24-23-41(33,2)25-26-44(32,45)5)40(50)52-37(30-15-11-9-12-16-30)31-17-13-10-14-18-31/h9-18,28,33,35-38H,8,19-27,29H2,1-7H3,(H,48,49)/t33-,35+,36-,38+,41+,42-,43-,44+,45+,46-/m0/s1. The lowest BCUT2D eigenvalue weighted by Gasteiger charge is -2.70. The second-order valence-electron chi connectivity index (χ2n) is 18.8. The molecule has 0 radical (unpaired) electrons. The molecule has 4 saturated carbocycles. The van der Waals surface area contributed by atoms with E-state index < -0.39 is 28.3 Å². The van der Waals surface area contributed by atoms with Gasteiger partial charge in [0.05, 0.1) is 16.9 Å². The molecule has 5 aliphatic rings. The Bertz CT molecular complexity index is 1700. The van der Waals surface area contributed by atoms with E-state index in [9.17, 15) is 19.5 Å².